The third kappa shape index (κ3) is 5.01. The summed E-state index contributed by atoms with van der Waals surface area (Å²) in [6, 6.07) is 0. The molecule has 0 rings (SSSR count). The van der Waals surface area contributed by atoms with E-state index in [2.05, 4.69) is 46.9 Å². The molecule has 15 heavy (non-hydrogen) atoms. The van der Waals surface area contributed by atoms with Crippen LogP contribution in [0.15, 0.2) is 0 Å². The molecule has 2 atom stereocenters. The summed E-state index contributed by atoms with van der Waals surface area (Å²) >= 11 is 0. The third-order valence-electron chi connectivity index (χ3n) is 3.76. The van der Waals surface area contributed by atoms with E-state index in [0.717, 1.165) is 18.4 Å². The van der Waals surface area contributed by atoms with Gasteiger partial charge in [-0.3, -0.25) is 0 Å². The lowest BCUT2D eigenvalue weighted by atomic mass is 9.74. The molecule has 0 spiro atoms. The van der Waals surface area contributed by atoms with Gasteiger partial charge < -0.3 is 5.32 Å². The summed E-state index contributed by atoms with van der Waals surface area (Å²) in [6.45, 7) is 15.0. The zero-order valence-corrected chi connectivity index (χ0v) is 11.7. The van der Waals surface area contributed by atoms with E-state index in [1.807, 2.05) is 0 Å². The predicted octanol–water partition coefficient (Wildman–Crippen LogP) is 4.23. The van der Waals surface area contributed by atoms with Gasteiger partial charge in [-0.25, -0.2) is 0 Å². The number of hydrogen-bond donors (Lipinski definition) is 1. The van der Waals surface area contributed by atoms with Crippen LogP contribution in [-0.2, 0) is 0 Å². The summed E-state index contributed by atoms with van der Waals surface area (Å²) < 4.78 is 0. The van der Waals surface area contributed by atoms with Crippen molar-refractivity contribution in [2.24, 2.45) is 11.8 Å². The van der Waals surface area contributed by atoms with Crippen molar-refractivity contribution in [2.75, 3.05) is 6.54 Å². The first-order chi connectivity index (χ1) is 6.99. The number of hydrogen-bond acceptors (Lipinski definition) is 1. The van der Waals surface area contributed by atoms with E-state index in [4.69, 9.17) is 0 Å². The predicted molar refractivity (Wildman–Crippen MR) is 70.2 cm³/mol. The summed E-state index contributed by atoms with van der Waals surface area (Å²) in [7, 11) is 0. The first kappa shape index (κ1) is 15.0. The van der Waals surface area contributed by atoms with Crippen molar-refractivity contribution < 1.29 is 0 Å². The average molecular weight is 213 g/mol. The van der Waals surface area contributed by atoms with Crippen LogP contribution < -0.4 is 5.32 Å². The van der Waals surface area contributed by atoms with Crippen LogP contribution in [0.4, 0.5) is 0 Å². The van der Waals surface area contributed by atoms with E-state index >= 15 is 0 Å². The molecule has 0 aromatic rings. The average Bonchev–Trinajstić information content (AvgIpc) is 2.17. The second-order valence-electron chi connectivity index (χ2n) is 5.39. The lowest BCUT2D eigenvalue weighted by molar-refractivity contribution is 0.169. The van der Waals surface area contributed by atoms with E-state index < -0.39 is 0 Å². The Kier molecular flexibility index (Phi) is 7.25. The highest BCUT2D eigenvalue weighted by Gasteiger charge is 2.31. The molecular formula is C14H31N. The molecule has 92 valence electrons. The van der Waals surface area contributed by atoms with Crippen molar-refractivity contribution in [2.45, 2.75) is 72.8 Å². The number of unbranched alkanes of at least 4 members (excludes halogenated alkanes) is 1. The standard InChI is InChI=1S/C14H31N/c1-7-10-11-13(12(4)8-2)14(5,6)15-9-3/h12-13,15H,7-11H2,1-6H3. The Hall–Kier alpha value is -0.0400. The zero-order valence-electron chi connectivity index (χ0n) is 11.7. The Morgan fingerprint density at radius 1 is 1.13 bits per heavy atom. The first-order valence-electron chi connectivity index (χ1n) is 6.74. The van der Waals surface area contributed by atoms with Crippen molar-refractivity contribution in [3.63, 3.8) is 0 Å². The molecule has 0 saturated carbocycles. The van der Waals surface area contributed by atoms with E-state index in [9.17, 15) is 0 Å². The SMILES string of the molecule is CCCCC(C(C)CC)C(C)(C)NCC. The van der Waals surface area contributed by atoms with Gasteiger partial charge >= 0.3 is 0 Å². The van der Waals surface area contributed by atoms with Gasteiger partial charge in [0.05, 0.1) is 0 Å². The largest absolute Gasteiger partial charge is 0.312 e. The molecular weight excluding hydrogens is 182 g/mol. The molecule has 0 aromatic carbocycles. The van der Waals surface area contributed by atoms with Crippen LogP contribution >= 0.6 is 0 Å². The second-order valence-corrected chi connectivity index (χ2v) is 5.39. The van der Waals surface area contributed by atoms with Gasteiger partial charge in [-0.1, -0.05) is 47.0 Å². The Labute approximate surface area is 97.0 Å². The Bertz CT molecular complexity index is 151. The van der Waals surface area contributed by atoms with Crippen LogP contribution in [0.1, 0.15) is 67.2 Å². The first-order valence-corrected chi connectivity index (χ1v) is 6.74. The molecule has 0 bridgehead atoms. The highest BCUT2D eigenvalue weighted by Crippen LogP contribution is 2.31. The minimum absolute atomic E-state index is 0.291. The van der Waals surface area contributed by atoms with E-state index in [1.165, 1.54) is 25.7 Å². The molecule has 0 aromatic heterocycles. The molecule has 0 aliphatic carbocycles. The molecule has 1 N–H and O–H groups in total. The van der Waals surface area contributed by atoms with Gasteiger partial charge in [0, 0.05) is 5.54 Å². The minimum atomic E-state index is 0.291. The molecule has 2 unspecified atom stereocenters. The molecule has 0 saturated heterocycles. The second kappa shape index (κ2) is 7.27. The molecule has 0 aliphatic rings. The summed E-state index contributed by atoms with van der Waals surface area (Å²) in [5.41, 5.74) is 0.291. The highest BCUT2D eigenvalue weighted by atomic mass is 15.0. The quantitative estimate of drug-likeness (QED) is 0.636. The van der Waals surface area contributed by atoms with Gasteiger partial charge in [-0.2, -0.15) is 0 Å². The number of nitrogens with one attached hydrogen (secondary N) is 1. The minimum Gasteiger partial charge on any atom is -0.312 e. The summed E-state index contributed by atoms with van der Waals surface area (Å²) in [6.07, 6.45) is 5.34. The fraction of sp³-hybridized carbons (Fsp3) is 1.00. The van der Waals surface area contributed by atoms with Gasteiger partial charge in [-0.05, 0) is 38.6 Å². The molecule has 0 radical (unpaired) electrons. The Morgan fingerprint density at radius 2 is 1.73 bits per heavy atom. The van der Waals surface area contributed by atoms with Crippen LogP contribution in [0.3, 0.4) is 0 Å². The lowest BCUT2D eigenvalue weighted by Gasteiger charge is -2.39. The lowest BCUT2D eigenvalue weighted by Crippen LogP contribution is -2.48. The maximum atomic E-state index is 3.65. The van der Waals surface area contributed by atoms with Crippen molar-refractivity contribution in [3.05, 3.63) is 0 Å². The van der Waals surface area contributed by atoms with E-state index in [1.54, 1.807) is 0 Å². The monoisotopic (exact) mass is 213 g/mol. The zero-order chi connectivity index (χ0) is 11.9. The third-order valence-corrected chi connectivity index (χ3v) is 3.76. The van der Waals surface area contributed by atoms with Gasteiger partial charge in [0.2, 0.25) is 0 Å². The molecule has 0 amide bonds. The van der Waals surface area contributed by atoms with Gasteiger partial charge in [0.15, 0.2) is 0 Å². The van der Waals surface area contributed by atoms with E-state index in [0.29, 0.717) is 5.54 Å². The van der Waals surface area contributed by atoms with Crippen LogP contribution in [0, 0.1) is 11.8 Å². The van der Waals surface area contributed by atoms with Crippen LogP contribution in [0.25, 0.3) is 0 Å². The Balaban J connectivity index is 4.44. The van der Waals surface area contributed by atoms with Crippen molar-refractivity contribution in [1.82, 2.24) is 5.32 Å². The van der Waals surface area contributed by atoms with Gasteiger partial charge in [0.25, 0.3) is 0 Å². The molecule has 1 nitrogen and oxygen atoms in total. The summed E-state index contributed by atoms with van der Waals surface area (Å²) in [5.74, 6) is 1.63. The summed E-state index contributed by atoms with van der Waals surface area (Å²) in [4.78, 5) is 0. The summed E-state index contributed by atoms with van der Waals surface area (Å²) in [5, 5.41) is 3.65. The van der Waals surface area contributed by atoms with Crippen LogP contribution in [-0.4, -0.2) is 12.1 Å². The van der Waals surface area contributed by atoms with Gasteiger partial charge in [0.1, 0.15) is 0 Å². The van der Waals surface area contributed by atoms with Crippen molar-refractivity contribution in [3.8, 4) is 0 Å². The van der Waals surface area contributed by atoms with Crippen LogP contribution in [0.5, 0.6) is 0 Å². The molecule has 0 aliphatic heterocycles. The number of rotatable bonds is 8. The molecule has 0 fully saturated rings. The van der Waals surface area contributed by atoms with Gasteiger partial charge in [-0.15, -0.1) is 0 Å². The van der Waals surface area contributed by atoms with Crippen molar-refractivity contribution in [1.29, 1.82) is 0 Å². The fourth-order valence-corrected chi connectivity index (χ4v) is 2.65. The smallest absolute Gasteiger partial charge is 0.0155 e. The Morgan fingerprint density at radius 3 is 2.13 bits per heavy atom. The molecule has 1 heteroatoms. The molecule has 0 heterocycles. The maximum absolute atomic E-state index is 3.65. The topological polar surface area (TPSA) is 12.0 Å². The van der Waals surface area contributed by atoms with E-state index in [-0.39, 0.29) is 0 Å². The fourth-order valence-electron chi connectivity index (χ4n) is 2.65. The van der Waals surface area contributed by atoms with Crippen molar-refractivity contribution >= 4 is 0 Å². The van der Waals surface area contributed by atoms with Crippen LogP contribution in [0.2, 0.25) is 0 Å². The maximum Gasteiger partial charge on any atom is 0.0155 e. The highest BCUT2D eigenvalue weighted by molar-refractivity contribution is 4.88. The normalized spacial score (nSPS) is 16.4.